The van der Waals surface area contributed by atoms with Crippen LogP contribution < -0.4 is 0 Å². The molecule has 1 saturated carbocycles. The zero-order valence-corrected chi connectivity index (χ0v) is 9.37. The Labute approximate surface area is 92.1 Å². The molecule has 0 aliphatic heterocycles. The normalized spacial score (nSPS) is 41.4. The minimum Gasteiger partial charge on any atom is -0.0703 e. The van der Waals surface area contributed by atoms with Gasteiger partial charge in [0.25, 0.3) is 0 Å². The molecule has 3 aliphatic rings. The summed E-state index contributed by atoms with van der Waals surface area (Å²) in [4.78, 5) is 0. The van der Waals surface area contributed by atoms with Crippen molar-refractivity contribution >= 4 is 15.9 Å². The fourth-order valence-electron chi connectivity index (χ4n) is 3.74. The molecule has 2 bridgehead atoms. The van der Waals surface area contributed by atoms with Crippen LogP contribution in [0.3, 0.4) is 0 Å². The molecule has 70 valence electrons. The average Bonchev–Trinajstić information content (AvgIpc) is 2.65. The van der Waals surface area contributed by atoms with Gasteiger partial charge >= 0.3 is 0 Å². The number of halogens is 1. The van der Waals surface area contributed by atoms with E-state index in [4.69, 9.17) is 0 Å². The van der Waals surface area contributed by atoms with E-state index in [1.165, 1.54) is 10.9 Å². The molecule has 1 fully saturated rings. The van der Waals surface area contributed by atoms with Crippen LogP contribution in [-0.2, 0) is 0 Å². The van der Waals surface area contributed by atoms with Crippen LogP contribution in [0.25, 0.3) is 0 Å². The predicted octanol–water partition coefficient (Wildman–Crippen LogP) is 3.80. The van der Waals surface area contributed by atoms with E-state index in [2.05, 4.69) is 46.3 Å². The molecule has 1 heteroatoms. The Balaban J connectivity index is 1.90. The van der Waals surface area contributed by atoms with Gasteiger partial charge in [-0.3, -0.25) is 0 Å². The summed E-state index contributed by atoms with van der Waals surface area (Å²) in [5, 5.41) is 0. The lowest BCUT2D eigenvalue weighted by atomic mass is 9.63. The Morgan fingerprint density at radius 2 is 1.79 bits per heavy atom. The van der Waals surface area contributed by atoms with Crippen LogP contribution in [0, 0.1) is 11.8 Å². The highest BCUT2D eigenvalue weighted by Crippen LogP contribution is 2.67. The monoisotopic (exact) mass is 246 g/mol. The van der Waals surface area contributed by atoms with Crippen LogP contribution in [-0.4, -0.2) is 0 Å². The Hall–Kier alpha value is -0.560. The molecule has 4 atom stereocenters. The second kappa shape index (κ2) is 2.33. The molecule has 0 spiro atoms. The number of hydrogen-bond donors (Lipinski definition) is 0. The first-order valence-electron chi connectivity index (χ1n) is 5.32. The molecule has 1 aromatic rings. The van der Waals surface area contributed by atoms with Crippen molar-refractivity contribution in [1.82, 2.24) is 0 Å². The lowest BCUT2D eigenvalue weighted by Gasteiger charge is -2.41. The van der Waals surface area contributed by atoms with E-state index in [9.17, 15) is 0 Å². The van der Waals surface area contributed by atoms with Crippen LogP contribution in [0.2, 0.25) is 0 Å². The zero-order chi connectivity index (χ0) is 9.28. The summed E-state index contributed by atoms with van der Waals surface area (Å²) in [6.45, 7) is 0. The van der Waals surface area contributed by atoms with Gasteiger partial charge in [0.15, 0.2) is 0 Å². The minimum absolute atomic E-state index is 0.805. The smallest absolute Gasteiger partial charge is 0.00104 e. The quantitative estimate of drug-likeness (QED) is 0.654. The van der Waals surface area contributed by atoms with E-state index < -0.39 is 0 Å². The van der Waals surface area contributed by atoms with Crippen molar-refractivity contribution in [2.75, 3.05) is 0 Å². The van der Waals surface area contributed by atoms with E-state index >= 15 is 0 Å². The first-order valence-corrected chi connectivity index (χ1v) is 6.11. The lowest BCUT2D eigenvalue weighted by Crippen LogP contribution is -2.28. The highest BCUT2D eigenvalue weighted by molar-refractivity contribution is 9.11. The first-order chi connectivity index (χ1) is 6.86. The zero-order valence-electron chi connectivity index (χ0n) is 7.78. The van der Waals surface area contributed by atoms with Crippen LogP contribution in [0.5, 0.6) is 0 Å². The molecule has 4 rings (SSSR count). The molecule has 0 amide bonds. The van der Waals surface area contributed by atoms with Gasteiger partial charge in [0.05, 0.1) is 0 Å². The molecule has 14 heavy (non-hydrogen) atoms. The van der Waals surface area contributed by atoms with Gasteiger partial charge in [0.1, 0.15) is 0 Å². The molecule has 0 radical (unpaired) electrons. The van der Waals surface area contributed by atoms with Gasteiger partial charge in [-0.15, -0.1) is 0 Å². The fraction of sp³-hybridized carbons (Fsp3) is 0.385. The van der Waals surface area contributed by atoms with Crippen molar-refractivity contribution in [3.8, 4) is 0 Å². The summed E-state index contributed by atoms with van der Waals surface area (Å²) < 4.78 is 1.47. The third kappa shape index (κ3) is 0.692. The SMILES string of the molecule is BrC1=C[C@H]2C[C@@H]1[C@H]1c3ccccc3[C@H]12. The summed E-state index contributed by atoms with van der Waals surface area (Å²) in [6.07, 6.45) is 3.83. The third-order valence-electron chi connectivity index (χ3n) is 4.25. The number of allylic oxidation sites excluding steroid dienone is 2. The van der Waals surface area contributed by atoms with Crippen LogP contribution >= 0.6 is 15.9 Å². The number of fused-ring (bicyclic) bond motifs is 8. The summed E-state index contributed by atoms with van der Waals surface area (Å²) in [7, 11) is 0. The van der Waals surface area contributed by atoms with E-state index in [0.29, 0.717) is 0 Å². The topological polar surface area (TPSA) is 0 Å². The number of benzene rings is 1. The highest BCUT2D eigenvalue weighted by atomic mass is 79.9. The van der Waals surface area contributed by atoms with Crippen molar-refractivity contribution < 1.29 is 0 Å². The van der Waals surface area contributed by atoms with Crippen molar-refractivity contribution in [3.05, 3.63) is 46.0 Å². The summed E-state index contributed by atoms with van der Waals surface area (Å²) in [5.41, 5.74) is 3.25. The maximum Gasteiger partial charge on any atom is -0.00104 e. The van der Waals surface area contributed by atoms with Gasteiger partial charge < -0.3 is 0 Å². The largest absolute Gasteiger partial charge is 0.0703 e. The van der Waals surface area contributed by atoms with Crippen molar-refractivity contribution in [2.45, 2.75) is 18.3 Å². The van der Waals surface area contributed by atoms with Crippen molar-refractivity contribution in [2.24, 2.45) is 11.8 Å². The number of hydrogen-bond acceptors (Lipinski definition) is 0. The van der Waals surface area contributed by atoms with E-state index in [-0.39, 0.29) is 0 Å². The molecule has 0 nitrogen and oxygen atoms in total. The Bertz CT molecular complexity index is 446. The molecule has 0 aromatic heterocycles. The second-order valence-corrected chi connectivity index (χ2v) is 5.65. The van der Waals surface area contributed by atoms with Crippen LogP contribution in [0.1, 0.15) is 29.4 Å². The standard InChI is InChI=1S/C13H11Br/c14-11-6-7-5-10(11)13-9-4-2-1-3-8(9)12(7)13/h1-4,6-7,10,12-13H,5H2/t7-,10+,12-,13-/m1/s1. The number of rotatable bonds is 0. The van der Waals surface area contributed by atoms with Gasteiger partial charge in [-0.2, -0.15) is 0 Å². The molecular formula is C13H11Br. The van der Waals surface area contributed by atoms with Crippen molar-refractivity contribution in [1.29, 1.82) is 0 Å². The second-order valence-electron chi connectivity index (χ2n) is 4.74. The van der Waals surface area contributed by atoms with Crippen LogP contribution in [0.15, 0.2) is 34.8 Å². The minimum atomic E-state index is 0.805. The third-order valence-corrected chi connectivity index (χ3v) is 5.10. The average molecular weight is 247 g/mol. The molecule has 3 aliphatic carbocycles. The molecule has 1 aromatic carbocycles. The van der Waals surface area contributed by atoms with E-state index in [1.807, 2.05) is 0 Å². The summed E-state index contributed by atoms with van der Waals surface area (Å²) in [6, 6.07) is 8.99. The molecular weight excluding hydrogens is 236 g/mol. The van der Waals surface area contributed by atoms with Gasteiger partial charge in [-0.25, -0.2) is 0 Å². The van der Waals surface area contributed by atoms with Crippen LogP contribution in [0.4, 0.5) is 0 Å². The maximum absolute atomic E-state index is 3.71. The van der Waals surface area contributed by atoms with Gasteiger partial charge in [0.2, 0.25) is 0 Å². The highest BCUT2D eigenvalue weighted by Gasteiger charge is 2.55. The fourth-order valence-corrected chi connectivity index (χ4v) is 4.55. The van der Waals surface area contributed by atoms with Gasteiger partial charge in [-0.05, 0) is 45.7 Å². The first kappa shape index (κ1) is 7.70. The van der Waals surface area contributed by atoms with E-state index in [0.717, 1.165) is 23.7 Å². The maximum atomic E-state index is 3.71. The Kier molecular flexibility index (Phi) is 1.28. The summed E-state index contributed by atoms with van der Waals surface area (Å²) >= 11 is 3.71. The van der Waals surface area contributed by atoms with Gasteiger partial charge in [0, 0.05) is 0 Å². The Morgan fingerprint density at radius 1 is 1.07 bits per heavy atom. The molecule has 0 N–H and O–H groups in total. The Morgan fingerprint density at radius 3 is 2.57 bits per heavy atom. The lowest BCUT2D eigenvalue weighted by molar-refractivity contribution is 0.441. The molecule has 0 saturated heterocycles. The summed E-state index contributed by atoms with van der Waals surface area (Å²) in [5.74, 6) is 3.34. The predicted molar refractivity (Wildman–Crippen MR) is 60.5 cm³/mol. The molecule has 0 heterocycles. The van der Waals surface area contributed by atoms with E-state index in [1.54, 1.807) is 11.1 Å². The van der Waals surface area contributed by atoms with Crippen molar-refractivity contribution in [3.63, 3.8) is 0 Å². The van der Waals surface area contributed by atoms with Gasteiger partial charge in [-0.1, -0.05) is 46.3 Å². The molecule has 0 unspecified atom stereocenters.